The molecule has 0 aliphatic heterocycles. The number of allylic oxidation sites excluding steroid dienone is 3. The summed E-state index contributed by atoms with van der Waals surface area (Å²) < 4.78 is -0.265. The predicted octanol–water partition coefficient (Wildman–Crippen LogP) is 14.2. The van der Waals surface area contributed by atoms with Crippen LogP contribution in [-0.4, -0.2) is 4.75 Å². The maximum Gasteiger partial charge on any atom is 0.0714 e. The first-order chi connectivity index (χ1) is 27.5. The zero-order valence-corrected chi connectivity index (χ0v) is 32.2. The van der Waals surface area contributed by atoms with Gasteiger partial charge < -0.3 is 4.90 Å². The van der Waals surface area contributed by atoms with Crippen molar-refractivity contribution in [3.05, 3.63) is 246 Å². The van der Waals surface area contributed by atoms with E-state index in [2.05, 4.69) is 230 Å². The number of rotatable bonds is 7. The van der Waals surface area contributed by atoms with Crippen LogP contribution in [0.15, 0.2) is 218 Å². The van der Waals surface area contributed by atoms with Crippen molar-refractivity contribution in [1.29, 1.82) is 0 Å². The maximum atomic E-state index is 5.07. The summed E-state index contributed by atoms with van der Waals surface area (Å²) in [6.45, 7) is 2.19. The van der Waals surface area contributed by atoms with E-state index in [1.165, 1.54) is 60.8 Å². The molecule has 0 N–H and O–H groups in total. The van der Waals surface area contributed by atoms with Crippen molar-refractivity contribution in [2.24, 2.45) is 0 Å². The summed E-state index contributed by atoms with van der Waals surface area (Å²) in [7, 11) is 0. The lowest BCUT2D eigenvalue weighted by Gasteiger charge is -2.35. The van der Waals surface area contributed by atoms with Crippen molar-refractivity contribution < 1.29 is 0 Å². The molecule has 268 valence electrons. The van der Waals surface area contributed by atoms with Crippen LogP contribution >= 0.6 is 12.6 Å². The fourth-order valence-electron chi connectivity index (χ4n) is 9.30. The molecule has 0 spiro atoms. The summed E-state index contributed by atoms with van der Waals surface area (Å²) in [4.78, 5) is 2.44. The van der Waals surface area contributed by atoms with Gasteiger partial charge in [0, 0.05) is 27.4 Å². The lowest BCUT2D eigenvalue weighted by molar-refractivity contribution is 0.694. The summed E-state index contributed by atoms with van der Waals surface area (Å²) >= 11 is 5.07. The van der Waals surface area contributed by atoms with E-state index in [9.17, 15) is 0 Å². The average Bonchev–Trinajstić information content (AvgIpc) is 3.56. The lowest BCUT2D eigenvalue weighted by atomic mass is 9.67. The van der Waals surface area contributed by atoms with Crippen LogP contribution in [0.1, 0.15) is 40.7 Å². The normalized spacial score (nSPS) is 17.7. The van der Waals surface area contributed by atoms with Crippen LogP contribution in [0.5, 0.6) is 0 Å². The molecule has 2 aliphatic carbocycles. The van der Waals surface area contributed by atoms with Crippen LogP contribution < -0.4 is 4.90 Å². The van der Waals surface area contributed by atoms with Crippen molar-refractivity contribution in [3.8, 4) is 22.3 Å². The van der Waals surface area contributed by atoms with Gasteiger partial charge in [0.25, 0.3) is 0 Å². The van der Waals surface area contributed by atoms with E-state index in [0.717, 1.165) is 17.1 Å². The minimum Gasteiger partial charge on any atom is -0.310 e. The number of fused-ring (bicyclic) bond motifs is 4. The van der Waals surface area contributed by atoms with Crippen molar-refractivity contribution in [2.45, 2.75) is 23.0 Å². The Hall–Kier alpha value is -6.35. The Kier molecular flexibility index (Phi) is 8.38. The first kappa shape index (κ1) is 34.2. The van der Waals surface area contributed by atoms with E-state index in [1.807, 2.05) is 0 Å². The summed E-state index contributed by atoms with van der Waals surface area (Å²) in [5.74, 6) is 0.175. The number of hydrogen-bond donors (Lipinski definition) is 1. The van der Waals surface area contributed by atoms with Crippen LogP contribution in [-0.2, 0) is 5.41 Å². The number of hydrogen-bond acceptors (Lipinski definition) is 2. The van der Waals surface area contributed by atoms with Gasteiger partial charge in [-0.25, -0.2) is 0 Å². The molecular formula is C54H41NS. The third-order valence-corrected chi connectivity index (χ3v) is 12.3. The van der Waals surface area contributed by atoms with E-state index in [-0.39, 0.29) is 10.7 Å². The Balaban J connectivity index is 1.19. The quantitative estimate of drug-likeness (QED) is 0.160. The second kappa shape index (κ2) is 13.7. The van der Waals surface area contributed by atoms with E-state index in [0.29, 0.717) is 0 Å². The Labute approximate surface area is 335 Å². The second-order valence-electron chi connectivity index (χ2n) is 15.2. The van der Waals surface area contributed by atoms with Gasteiger partial charge in [-0.3, -0.25) is 0 Å². The van der Waals surface area contributed by atoms with Crippen molar-refractivity contribution in [2.75, 3.05) is 4.90 Å². The molecule has 56 heavy (non-hydrogen) atoms. The van der Waals surface area contributed by atoms with Gasteiger partial charge in [-0.2, -0.15) is 12.6 Å². The molecule has 0 saturated carbocycles. The predicted molar refractivity (Wildman–Crippen MR) is 240 cm³/mol. The fourth-order valence-corrected chi connectivity index (χ4v) is 9.62. The number of benzene rings is 8. The first-order valence-corrected chi connectivity index (χ1v) is 19.9. The monoisotopic (exact) mass is 735 g/mol. The minimum absolute atomic E-state index is 0.175. The summed E-state index contributed by atoms with van der Waals surface area (Å²) in [6, 6.07) is 71.5. The largest absolute Gasteiger partial charge is 0.310 e. The highest BCUT2D eigenvalue weighted by Crippen LogP contribution is 2.56. The van der Waals surface area contributed by atoms with E-state index < -0.39 is 5.41 Å². The molecule has 0 saturated heterocycles. The lowest BCUT2D eigenvalue weighted by Crippen LogP contribution is -2.28. The van der Waals surface area contributed by atoms with Gasteiger partial charge in [0.15, 0.2) is 0 Å². The van der Waals surface area contributed by atoms with Crippen LogP contribution in [0.2, 0.25) is 0 Å². The Morgan fingerprint density at radius 3 is 1.84 bits per heavy atom. The third-order valence-electron chi connectivity index (χ3n) is 11.9. The summed E-state index contributed by atoms with van der Waals surface area (Å²) in [5.41, 5.74) is 14.2. The SMILES string of the molecule is CC1(S)C=CC=CC1c1ccc2c(N(c3ccc(-c4ccccc4)cc3)c3cccc(C4(c5ccccc5)c5ccccc5-c5ccccc54)c3)cccc2c1. The molecule has 0 aromatic heterocycles. The van der Waals surface area contributed by atoms with E-state index >= 15 is 0 Å². The molecular weight excluding hydrogens is 695 g/mol. The molecule has 0 amide bonds. The highest BCUT2D eigenvalue weighted by molar-refractivity contribution is 7.82. The summed E-state index contributed by atoms with van der Waals surface area (Å²) in [5, 5.41) is 2.40. The molecule has 0 radical (unpaired) electrons. The van der Waals surface area contributed by atoms with Gasteiger partial charge in [0.05, 0.1) is 11.1 Å². The molecule has 1 nitrogen and oxygen atoms in total. The molecule has 10 rings (SSSR count). The zero-order chi connectivity index (χ0) is 37.7. The average molecular weight is 736 g/mol. The molecule has 0 heterocycles. The van der Waals surface area contributed by atoms with E-state index in [4.69, 9.17) is 12.6 Å². The van der Waals surface area contributed by atoms with Gasteiger partial charge in [-0.15, -0.1) is 0 Å². The van der Waals surface area contributed by atoms with Gasteiger partial charge in [0.2, 0.25) is 0 Å². The van der Waals surface area contributed by atoms with Crippen LogP contribution in [0.25, 0.3) is 33.0 Å². The Bertz CT molecular complexity index is 2730. The second-order valence-corrected chi connectivity index (χ2v) is 16.2. The zero-order valence-electron chi connectivity index (χ0n) is 31.3. The highest BCUT2D eigenvalue weighted by Gasteiger charge is 2.46. The van der Waals surface area contributed by atoms with E-state index in [1.54, 1.807) is 0 Å². The molecule has 0 bridgehead atoms. The first-order valence-electron chi connectivity index (χ1n) is 19.4. The fraction of sp³-hybridized carbons (Fsp3) is 0.0741. The molecule has 2 atom stereocenters. The smallest absolute Gasteiger partial charge is 0.0714 e. The number of anilines is 3. The van der Waals surface area contributed by atoms with Gasteiger partial charge in [-0.1, -0.05) is 188 Å². The molecule has 2 heteroatoms. The van der Waals surface area contributed by atoms with Crippen LogP contribution in [0.4, 0.5) is 17.1 Å². The Morgan fingerprint density at radius 1 is 0.500 bits per heavy atom. The molecule has 8 aromatic carbocycles. The molecule has 8 aromatic rings. The Morgan fingerprint density at radius 2 is 1.12 bits per heavy atom. The molecule has 2 unspecified atom stereocenters. The standard InChI is InChI=1S/C54H41NS/c1-53(56)35-13-12-25-49(53)41-31-34-46-40(36-41)18-14-28-52(46)55(44-32-29-39(30-33-44)38-16-4-2-5-17-38)45-22-15-21-43(37-45)54(42-19-6-3-7-20-42)50-26-10-8-23-47(50)48-24-9-11-27-51(48)54/h2-37,49,56H,1H3. The number of thiol groups is 1. The van der Waals surface area contributed by atoms with Crippen molar-refractivity contribution in [3.63, 3.8) is 0 Å². The van der Waals surface area contributed by atoms with Gasteiger partial charge >= 0.3 is 0 Å². The maximum absolute atomic E-state index is 5.07. The number of nitrogens with zero attached hydrogens (tertiary/aromatic N) is 1. The molecule has 0 fully saturated rings. The minimum atomic E-state index is -0.498. The topological polar surface area (TPSA) is 3.24 Å². The van der Waals surface area contributed by atoms with Crippen LogP contribution in [0, 0.1) is 0 Å². The molecule has 2 aliphatic rings. The van der Waals surface area contributed by atoms with Gasteiger partial charge in [-0.05, 0) is 92.7 Å². The van der Waals surface area contributed by atoms with Crippen molar-refractivity contribution in [1.82, 2.24) is 0 Å². The van der Waals surface area contributed by atoms with Crippen LogP contribution in [0.3, 0.4) is 0 Å². The van der Waals surface area contributed by atoms with Gasteiger partial charge in [0.1, 0.15) is 0 Å². The van der Waals surface area contributed by atoms with Crippen molar-refractivity contribution >= 4 is 40.5 Å². The summed E-state index contributed by atoms with van der Waals surface area (Å²) in [6.07, 6.45) is 8.70. The third kappa shape index (κ3) is 5.55. The highest BCUT2D eigenvalue weighted by atomic mass is 32.1.